The molecule has 6 nitrogen and oxygen atoms in total. The van der Waals surface area contributed by atoms with Crippen LogP contribution in [0.25, 0.3) is 0 Å². The van der Waals surface area contributed by atoms with E-state index in [1.807, 2.05) is 19.1 Å². The van der Waals surface area contributed by atoms with E-state index in [4.69, 9.17) is 9.47 Å². The van der Waals surface area contributed by atoms with Crippen LogP contribution in [0.5, 0.6) is 17.4 Å². The molecule has 0 unspecified atom stereocenters. The van der Waals surface area contributed by atoms with Crippen molar-refractivity contribution >= 4 is 23.4 Å². The van der Waals surface area contributed by atoms with Crippen LogP contribution < -0.4 is 14.8 Å². The molecule has 2 heterocycles. The molecule has 9 heteroatoms. The maximum atomic E-state index is 12.6. The molecular formula is C20H17F2N3O3S. The van der Waals surface area contributed by atoms with Crippen LogP contribution in [0.3, 0.4) is 0 Å². The Labute approximate surface area is 170 Å². The van der Waals surface area contributed by atoms with Gasteiger partial charge < -0.3 is 14.8 Å². The lowest BCUT2D eigenvalue weighted by Gasteiger charge is -2.11. The Bertz CT molecular complexity index is 1000. The van der Waals surface area contributed by atoms with E-state index in [1.165, 1.54) is 24.5 Å². The lowest BCUT2D eigenvalue weighted by molar-refractivity contribution is 0.102. The summed E-state index contributed by atoms with van der Waals surface area (Å²) in [6, 6.07) is 11.6. The number of benzene rings is 1. The molecule has 0 atom stereocenters. The monoisotopic (exact) mass is 417 g/mol. The van der Waals surface area contributed by atoms with Gasteiger partial charge in [-0.1, -0.05) is 6.07 Å². The predicted octanol–water partition coefficient (Wildman–Crippen LogP) is 5.15. The first-order chi connectivity index (χ1) is 14.0. The van der Waals surface area contributed by atoms with Gasteiger partial charge in [0.05, 0.1) is 24.6 Å². The number of nitrogens with one attached hydrogen (secondary N) is 1. The van der Waals surface area contributed by atoms with Crippen molar-refractivity contribution in [3.63, 3.8) is 0 Å². The largest absolute Gasteiger partial charge is 0.493 e. The molecule has 3 aromatic rings. The fourth-order valence-corrected chi connectivity index (χ4v) is 3.00. The van der Waals surface area contributed by atoms with E-state index >= 15 is 0 Å². The van der Waals surface area contributed by atoms with Crippen molar-refractivity contribution in [2.75, 3.05) is 12.4 Å². The van der Waals surface area contributed by atoms with Gasteiger partial charge in [0.1, 0.15) is 5.03 Å². The lowest BCUT2D eigenvalue weighted by atomic mass is 10.2. The molecule has 2 aromatic heterocycles. The number of carbonyl (C=O) groups excluding carboxylic acids is 1. The van der Waals surface area contributed by atoms with Crippen molar-refractivity contribution in [2.24, 2.45) is 0 Å². The number of thioether (sulfide) groups is 1. The van der Waals surface area contributed by atoms with Crippen LogP contribution in [0.2, 0.25) is 0 Å². The van der Waals surface area contributed by atoms with E-state index in [0.29, 0.717) is 23.1 Å². The Morgan fingerprint density at radius 3 is 2.66 bits per heavy atom. The van der Waals surface area contributed by atoms with Crippen molar-refractivity contribution in [1.82, 2.24) is 9.97 Å². The van der Waals surface area contributed by atoms with Gasteiger partial charge in [-0.2, -0.15) is 8.78 Å². The van der Waals surface area contributed by atoms with Crippen LogP contribution >= 0.6 is 11.8 Å². The molecule has 0 bridgehead atoms. The quantitative estimate of drug-likeness (QED) is 0.536. The number of pyridine rings is 2. The van der Waals surface area contributed by atoms with Crippen molar-refractivity contribution in [3.8, 4) is 17.4 Å². The zero-order chi connectivity index (χ0) is 20.8. The van der Waals surface area contributed by atoms with Gasteiger partial charge in [-0.15, -0.1) is 0 Å². The number of ether oxygens (including phenoxy) is 2. The molecule has 0 aliphatic rings. The molecule has 0 radical (unpaired) electrons. The van der Waals surface area contributed by atoms with E-state index in [9.17, 15) is 13.6 Å². The maximum absolute atomic E-state index is 12.6. The summed E-state index contributed by atoms with van der Waals surface area (Å²) in [5.74, 6) is -1.85. The van der Waals surface area contributed by atoms with Crippen LogP contribution in [0.15, 0.2) is 59.9 Å². The average Bonchev–Trinajstić information content (AvgIpc) is 2.70. The van der Waals surface area contributed by atoms with Crippen LogP contribution in [-0.2, 0) is 0 Å². The Balaban J connectivity index is 1.71. The molecule has 3 rings (SSSR count). The minimum absolute atomic E-state index is 0.0422. The van der Waals surface area contributed by atoms with Gasteiger partial charge in [-0.3, -0.25) is 4.79 Å². The fraction of sp³-hybridized carbons (Fsp3) is 0.150. The summed E-state index contributed by atoms with van der Waals surface area (Å²) in [6.45, 7) is 1.94. The zero-order valence-electron chi connectivity index (χ0n) is 15.6. The smallest absolute Gasteiger partial charge is 0.290 e. The molecule has 0 spiro atoms. The molecule has 1 aromatic carbocycles. The second-order valence-corrected chi connectivity index (χ2v) is 6.81. The van der Waals surface area contributed by atoms with E-state index in [0.717, 1.165) is 5.56 Å². The molecule has 0 saturated heterocycles. The van der Waals surface area contributed by atoms with Crippen LogP contribution in [-0.4, -0.2) is 28.7 Å². The van der Waals surface area contributed by atoms with Crippen molar-refractivity contribution < 1.29 is 23.0 Å². The maximum Gasteiger partial charge on any atom is 0.290 e. The fourth-order valence-electron chi connectivity index (χ4n) is 2.43. The van der Waals surface area contributed by atoms with Crippen LogP contribution in [0, 0.1) is 6.92 Å². The van der Waals surface area contributed by atoms with Crippen LogP contribution in [0.4, 0.5) is 14.5 Å². The van der Waals surface area contributed by atoms with Gasteiger partial charge in [0.2, 0.25) is 5.88 Å². The standard InChI is InChI=1S/C20H17F2N3O3S/c1-12-5-7-15(16(10-12)27-2)28-17-8-6-13(11-24-17)25-18(26)14-4-3-9-23-19(14)29-20(21)22/h3-11,20H,1-2H3,(H,25,26). The number of methoxy groups -OCH3 is 1. The zero-order valence-corrected chi connectivity index (χ0v) is 16.4. The predicted molar refractivity (Wildman–Crippen MR) is 106 cm³/mol. The number of halogens is 2. The lowest BCUT2D eigenvalue weighted by Crippen LogP contribution is -2.14. The molecule has 150 valence electrons. The van der Waals surface area contributed by atoms with E-state index in [-0.39, 0.29) is 22.4 Å². The number of carbonyl (C=O) groups is 1. The summed E-state index contributed by atoms with van der Waals surface area (Å²) in [5.41, 5.74) is 1.47. The normalized spacial score (nSPS) is 10.7. The third-order valence-corrected chi connectivity index (χ3v) is 4.47. The van der Waals surface area contributed by atoms with E-state index in [2.05, 4.69) is 15.3 Å². The van der Waals surface area contributed by atoms with Gasteiger partial charge in [0, 0.05) is 12.3 Å². The minimum Gasteiger partial charge on any atom is -0.493 e. The van der Waals surface area contributed by atoms with Crippen molar-refractivity contribution in [3.05, 3.63) is 66.0 Å². The molecule has 0 fully saturated rings. The minimum atomic E-state index is -2.67. The van der Waals surface area contributed by atoms with Gasteiger partial charge in [0.15, 0.2) is 11.5 Å². The van der Waals surface area contributed by atoms with Crippen molar-refractivity contribution in [1.29, 1.82) is 0 Å². The highest BCUT2D eigenvalue weighted by atomic mass is 32.2. The molecule has 29 heavy (non-hydrogen) atoms. The van der Waals surface area contributed by atoms with Crippen LogP contribution in [0.1, 0.15) is 15.9 Å². The number of nitrogens with zero attached hydrogens (tertiary/aromatic N) is 2. The van der Waals surface area contributed by atoms with Gasteiger partial charge in [-0.25, -0.2) is 9.97 Å². The first-order valence-electron chi connectivity index (χ1n) is 8.46. The summed E-state index contributed by atoms with van der Waals surface area (Å²) < 4.78 is 36.3. The molecule has 0 aliphatic carbocycles. The van der Waals surface area contributed by atoms with E-state index in [1.54, 1.807) is 25.3 Å². The molecule has 0 saturated carbocycles. The molecular weight excluding hydrogens is 400 g/mol. The van der Waals surface area contributed by atoms with Crippen molar-refractivity contribution in [2.45, 2.75) is 17.7 Å². The molecule has 0 aliphatic heterocycles. The summed E-state index contributed by atoms with van der Waals surface area (Å²) in [5, 5.41) is 2.57. The summed E-state index contributed by atoms with van der Waals surface area (Å²) in [7, 11) is 1.55. The molecule has 1 amide bonds. The first kappa shape index (κ1) is 20.5. The topological polar surface area (TPSA) is 73.3 Å². The Hall–Kier alpha value is -3.20. The second-order valence-electron chi connectivity index (χ2n) is 5.83. The van der Waals surface area contributed by atoms with E-state index < -0.39 is 11.7 Å². The Kier molecular flexibility index (Phi) is 6.61. The Morgan fingerprint density at radius 1 is 1.14 bits per heavy atom. The number of aromatic nitrogens is 2. The van der Waals surface area contributed by atoms with Gasteiger partial charge in [-0.05, 0) is 54.6 Å². The summed E-state index contributed by atoms with van der Waals surface area (Å²) in [4.78, 5) is 20.4. The number of rotatable bonds is 7. The van der Waals surface area contributed by atoms with Gasteiger partial charge >= 0.3 is 0 Å². The van der Waals surface area contributed by atoms with Gasteiger partial charge in [0.25, 0.3) is 11.7 Å². The third-order valence-electron chi connectivity index (χ3n) is 3.74. The summed E-state index contributed by atoms with van der Waals surface area (Å²) >= 11 is 0.219. The summed E-state index contributed by atoms with van der Waals surface area (Å²) in [6.07, 6.45) is 2.76. The number of hydrogen-bond donors (Lipinski definition) is 1. The highest BCUT2D eigenvalue weighted by molar-refractivity contribution is 7.99. The average molecular weight is 417 g/mol. The highest BCUT2D eigenvalue weighted by Gasteiger charge is 2.17. The molecule has 1 N–H and O–H groups in total. The number of anilines is 1. The highest BCUT2D eigenvalue weighted by Crippen LogP contribution is 2.32. The number of aryl methyl sites for hydroxylation is 1. The number of alkyl halides is 2. The number of hydrogen-bond acceptors (Lipinski definition) is 6. The Morgan fingerprint density at radius 2 is 1.97 bits per heavy atom. The number of amides is 1. The second kappa shape index (κ2) is 9.33. The first-order valence-corrected chi connectivity index (χ1v) is 9.34. The third kappa shape index (κ3) is 5.41. The SMILES string of the molecule is COc1cc(C)ccc1Oc1ccc(NC(=O)c2cccnc2SC(F)F)cn1.